The Labute approximate surface area is 171 Å². The zero-order valence-corrected chi connectivity index (χ0v) is 16.8. The maximum absolute atomic E-state index is 13.0. The van der Waals surface area contributed by atoms with E-state index in [1.807, 2.05) is 12.3 Å². The summed E-state index contributed by atoms with van der Waals surface area (Å²) >= 11 is 0. The first kappa shape index (κ1) is 17.3. The Hall–Kier alpha value is -2.53. The third-order valence-electron chi connectivity index (χ3n) is 7.26. The maximum atomic E-state index is 13.0. The van der Waals surface area contributed by atoms with E-state index in [1.165, 1.54) is 49.8 Å². The van der Waals surface area contributed by atoms with Crippen molar-refractivity contribution in [1.82, 2.24) is 14.6 Å². The number of hydrogen-bond donors (Lipinski definition) is 1. The highest BCUT2D eigenvalue weighted by atomic mass is 16.1. The minimum absolute atomic E-state index is 0.0642. The number of benzene rings is 1. The number of hydrogen-bond acceptors (Lipinski definition) is 3. The minimum atomic E-state index is 0.0642. The zero-order chi connectivity index (χ0) is 19.4. The lowest BCUT2D eigenvalue weighted by atomic mass is 9.84. The van der Waals surface area contributed by atoms with Gasteiger partial charge in [0.05, 0.1) is 11.1 Å². The van der Waals surface area contributed by atoms with Crippen LogP contribution in [0.5, 0.6) is 0 Å². The van der Waals surface area contributed by atoms with Crippen molar-refractivity contribution < 1.29 is 4.79 Å². The number of nitrogens with one attached hydrogen (secondary N) is 1. The molecule has 4 aliphatic heterocycles. The molecule has 4 fully saturated rings. The molecule has 4 saturated heterocycles. The van der Waals surface area contributed by atoms with Crippen molar-refractivity contribution in [3.8, 4) is 0 Å². The Morgan fingerprint density at radius 1 is 0.966 bits per heavy atom. The van der Waals surface area contributed by atoms with Crippen molar-refractivity contribution >= 4 is 28.0 Å². The second-order valence-electron chi connectivity index (χ2n) is 9.01. The number of aromatic nitrogens is 1. The lowest BCUT2D eigenvalue weighted by Gasteiger charge is -2.44. The zero-order valence-electron chi connectivity index (χ0n) is 16.8. The van der Waals surface area contributed by atoms with Gasteiger partial charge in [-0.3, -0.25) is 4.79 Å². The molecule has 0 unspecified atom stereocenters. The Morgan fingerprint density at radius 2 is 1.79 bits per heavy atom. The van der Waals surface area contributed by atoms with Crippen molar-refractivity contribution in [2.45, 2.75) is 31.7 Å². The van der Waals surface area contributed by atoms with Gasteiger partial charge in [0, 0.05) is 48.5 Å². The van der Waals surface area contributed by atoms with Crippen LogP contribution in [0.2, 0.25) is 0 Å². The second-order valence-corrected chi connectivity index (χ2v) is 9.01. The second kappa shape index (κ2) is 6.77. The average Bonchev–Trinajstić information content (AvgIpc) is 3.44. The SMILES string of the molecule is O=C(N[C@H]1CN2CCC1CC2)c1cc2ccc3cc(N4CCCC4)ccc3n2c1. The molecule has 7 rings (SSSR count). The normalized spacial score (nSPS) is 26.5. The van der Waals surface area contributed by atoms with E-state index < -0.39 is 0 Å². The first-order valence-corrected chi connectivity index (χ1v) is 11.1. The number of amides is 1. The number of carbonyl (C=O) groups is 1. The number of carbonyl (C=O) groups excluding carboxylic acids is 1. The summed E-state index contributed by atoms with van der Waals surface area (Å²) in [5, 5.41) is 4.55. The van der Waals surface area contributed by atoms with Gasteiger partial charge in [-0.15, -0.1) is 0 Å². The topological polar surface area (TPSA) is 40.0 Å². The molecule has 6 heterocycles. The van der Waals surface area contributed by atoms with Gasteiger partial charge in [0.2, 0.25) is 0 Å². The fraction of sp³-hybridized carbons (Fsp3) is 0.458. The van der Waals surface area contributed by atoms with Crippen molar-refractivity contribution in [3.05, 3.63) is 48.2 Å². The molecule has 0 radical (unpaired) electrons. The molecule has 5 nitrogen and oxygen atoms in total. The van der Waals surface area contributed by atoms with E-state index >= 15 is 0 Å². The van der Waals surface area contributed by atoms with E-state index in [4.69, 9.17) is 0 Å². The fourth-order valence-corrected chi connectivity index (χ4v) is 5.56. The molecule has 1 N–H and O–H groups in total. The summed E-state index contributed by atoms with van der Waals surface area (Å²) in [5.74, 6) is 0.708. The van der Waals surface area contributed by atoms with Crippen molar-refractivity contribution in [2.24, 2.45) is 5.92 Å². The Balaban J connectivity index is 1.29. The van der Waals surface area contributed by atoms with Crippen LogP contribution >= 0.6 is 0 Å². The van der Waals surface area contributed by atoms with Crippen LogP contribution in [-0.4, -0.2) is 54.0 Å². The van der Waals surface area contributed by atoms with Crippen LogP contribution in [0, 0.1) is 5.92 Å². The van der Waals surface area contributed by atoms with E-state index in [1.54, 1.807) is 0 Å². The molecule has 2 bridgehead atoms. The molecule has 5 heteroatoms. The summed E-state index contributed by atoms with van der Waals surface area (Å²) in [6, 6.07) is 13.3. The number of nitrogens with zero attached hydrogens (tertiary/aromatic N) is 3. The minimum Gasteiger partial charge on any atom is -0.372 e. The van der Waals surface area contributed by atoms with E-state index in [0.717, 1.165) is 36.2 Å². The van der Waals surface area contributed by atoms with Crippen LogP contribution in [0.3, 0.4) is 0 Å². The van der Waals surface area contributed by atoms with Gasteiger partial charge in [-0.05, 0) is 75.0 Å². The van der Waals surface area contributed by atoms with Gasteiger partial charge in [-0.25, -0.2) is 0 Å². The molecular formula is C24H28N4O. The molecule has 1 amide bonds. The average molecular weight is 389 g/mol. The predicted molar refractivity (Wildman–Crippen MR) is 117 cm³/mol. The van der Waals surface area contributed by atoms with Gasteiger partial charge < -0.3 is 19.5 Å². The van der Waals surface area contributed by atoms with Gasteiger partial charge in [0.1, 0.15) is 0 Å². The van der Waals surface area contributed by atoms with Gasteiger partial charge >= 0.3 is 0 Å². The van der Waals surface area contributed by atoms with E-state index in [-0.39, 0.29) is 5.91 Å². The largest absolute Gasteiger partial charge is 0.372 e. The molecule has 0 saturated carbocycles. The van der Waals surface area contributed by atoms with Crippen molar-refractivity contribution in [1.29, 1.82) is 0 Å². The van der Waals surface area contributed by atoms with Crippen LogP contribution in [0.4, 0.5) is 5.69 Å². The number of rotatable bonds is 3. The summed E-state index contributed by atoms with van der Waals surface area (Å²) in [5.41, 5.74) is 4.30. The standard InChI is InChI=1S/C24H28N4O/c29-24(25-22-16-26-11-7-17(22)8-12-26)19-14-21-4-3-18-13-20(27-9-1-2-10-27)5-6-23(18)28(21)15-19/h3-6,13-15,17,22H,1-2,7-12,16H2,(H,25,29)/t22-/m0/s1. The van der Waals surface area contributed by atoms with Crippen molar-refractivity contribution in [2.75, 3.05) is 37.6 Å². The molecule has 0 spiro atoms. The molecule has 1 atom stereocenters. The summed E-state index contributed by atoms with van der Waals surface area (Å²) < 4.78 is 2.16. The Bertz CT molecular complexity index is 1070. The Morgan fingerprint density at radius 3 is 2.55 bits per heavy atom. The summed E-state index contributed by atoms with van der Waals surface area (Å²) in [4.78, 5) is 17.9. The van der Waals surface area contributed by atoms with E-state index in [2.05, 4.69) is 49.8 Å². The molecular weight excluding hydrogens is 360 g/mol. The van der Waals surface area contributed by atoms with Crippen LogP contribution in [0.15, 0.2) is 42.6 Å². The molecule has 29 heavy (non-hydrogen) atoms. The van der Waals surface area contributed by atoms with Crippen LogP contribution in [0.1, 0.15) is 36.0 Å². The Kier molecular flexibility index (Phi) is 4.05. The summed E-state index contributed by atoms with van der Waals surface area (Å²) in [6.07, 6.45) is 7.00. The summed E-state index contributed by atoms with van der Waals surface area (Å²) in [7, 11) is 0. The lowest BCUT2D eigenvalue weighted by Crippen LogP contribution is -2.57. The molecule has 3 aromatic rings. The molecule has 150 valence electrons. The van der Waals surface area contributed by atoms with Gasteiger partial charge in [0.15, 0.2) is 0 Å². The first-order valence-electron chi connectivity index (χ1n) is 11.1. The van der Waals surface area contributed by atoms with E-state index in [9.17, 15) is 4.79 Å². The third-order valence-corrected chi connectivity index (χ3v) is 7.26. The van der Waals surface area contributed by atoms with E-state index in [0.29, 0.717) is 12.0 Å². The summed E-state index contributed by atoms with van der Waals surface area (Å²) in [6.45, 7) is 5.70. The lowest BCUT2D eigenvalue weighted by molar-refractivity contribution is 0.0620. The molecule has 0 aliphatic carbocycles. The fourth-order valence-electron chi connectivity index (χ4n) is 5.56. The van der Waals surface area contributed by atoms with Crippen LogP contribution < -0.4 is 10.2 Å². The first-order chi connectivity index (χ1) is 14.2. The van der Waals surface area contributed by atoms with Gasteiger partial charge in [-0.1, -0.05) is 6.07 Å². The number of fused-ring (bicyclic) bond motifs is 6. The number of pyridine rings is 1. The highest BCUT2D eigenvalue weighted by Crippen LogP contribution is 2.29. The highest BCUT2D eigenvalue weighted by molar-refractivity contribution is 5.97. The smallest absolute Gasteiger partial charge is 0.253 e. The quantitative estimate of drug-likeness (QED) is 0.746. The van der Waals surface area contributed by atoms with Crippen LogP contribution in [0.25, 0.3) is 16.4 Å². The third kappa shape index (κ3) is 2.99. The number of piperidine rings is 3. The van der Waals surface area contributed by atoms with Gasteiger partial charge in [0.25, 0.3) is 5.91 Å². The van der Waals surface area contributed by atoms with Crippen LogP contribution in [-0.2, 0) is 0 Å². The van der Waals surface area contributed by atoms with Gasteiger partial charge in [-0.2, -0.15) is 0 Å². The number of anilines is 1. The maximum Gasteiger partial charge on any atom is 0.253 e. The monoisotopic (exact) mass is 388 g/mol. The predicted octanol–water partition coefficient (Wildman–Crippen LogP) is 3.52. The molecule has 4 aliphatic rings. The van der Waals surface area contributed by atoms with Crippen molar-refractivity contribution in [3.63, 3.8) is 0 Å². The highest BCUT2D eigenvalue weighted by Gasteiger charge is 2.35. The molecule has 1 aromatic carbocycles. The molecule has 2 aromatic heterocycles.